The number of carbonyl (C=O) groups is 4. The van der Waals surface area contributed by atoms with Gasteiger partial charge in [-0.05, 0) is 43.0 Å². The Morgan fingerprint density at radius 3 is 2.23 bits per heavy atom. The van der Waals surface area contributed by atoms with Crippen molar-refractivity contribution in [3.63, 3.8) is 0 Å². The lowest BCUT2D eigenvalue weighted by Gasteiger charge is -2.20. The highest BCUT2D eigenvalue weighted by molar-refractivity contribution is 7.98. The van der Waals surface area contributed by atoms with E-state index in [9.17, 15) is 24.3 Å². The lowest BCUT2D eigenvalue weighted by Crippen LogP contribution is -2.53. The summed E-state index contributed by atoms with van der Waals surface area (Å²) in [5, 5.41) is 25.8. The van der Waals surface area contributed by atoms with Crippen LogP contribution in [0.4, 0.5) is 0 Å². The zero-order valence-electron chi connectivity index (χ0n) is 16.9. The number of nitrogens with two attached hydrogens (primary N) is 1. The summed E-state index contributed by atoms with van der Waals surface area (Å²) >= 11 is 1.46. The first-order chi connectivity index (χ1) is 14.1. The molecule has 1 aromatic carbocycles. The molecule has 0 saturated heterocycles. The lowest BCUT2D eigenvalue weighted by atomic mass is 10.0. The van der Waals surface area contributed by atoms with Gasteiger partial charge in [0.15, 0.2) is 0 Å². The van der Waals surface area contributed by atoms with Gasteiger partial charge in [-0.3, -0.25) is 14.4 Å². The molecule has 0 fully saturated rings. The van der Waals surface area contributed by atoms with E-state index < -0.39 is 48.4 Å². The summed E-state index contributed by atoms with van der Waals surface area (Å²) in [7, 11) is 0. The number of aliphatic carboxylic acids is 1. The van der Waals surface area contributed by atoms with E-state index in [4.69, 9.17) is 10.8 Å². The lowest BCUT2D eigenvalue weighted by molar-refractivity contribution is -0.141. The maximum atomic E-state index is 12.6. The predicted octanol–water partition coefficient (Wildman–Crippen LogP) is -0.795. The molecular weight excluding hydrogens is 412 g/mol. The Morgan fingerprint density at radius 2 is 1.70 bits per heavy atom. The van der Waals surface area contributed by atoms with Crippen molar-refractivity contribution < 1.29 is 29.4 Å². The molecule has 1 rings (SSSR count). The minimum Gasteiger partial charge on any atom is -0.508 e. The van der Waals surface area contributed by atoms with Crippen LogP contribution in [-0.2, 0) is 25.6 Å². The summed E-state index contributed by atoms with van der Waals surface area (Å²) < 4.78 is 0. The quantitative estimate of drug-likeness (QED) is 0.245. The molecule has 0 radical (unpaired) electrons. The van der Waals surface area contributed by atoms with Gasteiger partial charge in [-0.15, -0.1) is 0 Å². The highest BCUT2D eigenvalue weighted by Gasteiger charge is 2.24. The molecule has 30 heavy (non-hydrogen) atoms. The first-order valence-electron chi connectivity index (χ1n) is 9.26. The van der Waals surface area contributed by atoms with Crippen molar-refractivity contribution in [2.45, 2.75) is 37.9 Å². The van der Waals surface area contributed by atoms with Crippen LogP contribution in [-0.4, -0.2) is 70.6 Å². The number of carbonyl (C=O) groups excluding carboxylic acids is 3. The molecule has 0 bridgehead atoms. The van der Waals surface area contributed by atoms with Gasteiger partial charge < -0.3 is 31.9 Å². The van der Waals surface area contributed by atoms with Gasteiger partial charge in [0, 0.05) is 6.42 Å². The van der Waals surface area contributed by atoms with E-state index in [0.717, 1.165) is 0 Å². The second kappa shape index (κ2) is 12.7. The van der Waals surface area contributed by atoms with Crippen LogP contribution in [0.3, 0.4) is 0 Å². The molecule has 10 nitrogen and oxygen atoms in total. The van der Waals surface area contributed by atoms with Gasteiger partial charge in [-0.1, -0.05) is 12.1 Å². The second-order valence-corrected chi connectivity index (χ2v) is 7.66. The number of phenolic OH excluding ortho intramolecular Hbond substituents is 1. The zero-order valence-corrected chi connectivity index (χ0v) is 17.7. The number of nitrogens with one attached hydrogen (secondary N) is 3. The molecule has 0 saturated carbocycles. The molecule has 7 N–H and O–H groups in total. The van der Waals surface area contributed by atoms with Crippen molar-refractivity contribution in [3.05, 3.63) is 29.8 Å². The monoisotopic (exact) mass is 440 g/mol. The van der Waals surface area contributed by atoms with E-state index in [-0.39, 0.29) is 18.6 Å². The molecule has 3 amide bonds. The number of amides is 3. The molecule has 3 unspecified atom stereocenters. The average molecular weight is 441 g/mol. The van der Waals surface area contributed by atoms with Crippen molar-refractivity contribution in [3.8, 4) is 5.75 Å². The Bertz CT molecular complexity index is 741. The third kappa shape index (κ3) is 9.14. The smallest absolute Gasteiger partial charge is 0.326 e. The number of thioether (sulfide) groups is 1. The summed E-state index contributed by atoms with van der Waals surface area (Å²) in [5.74, 6) is -2.35. The maximum Gasteiger partial charge on any atom is 0.326 e. The van der Waals surface area contributed by atoms with E-state index in [2.05, 4.69) is 16.0 Å². The van der Waals surface area contributed by atoms with E-state index in [1.54, 1.807) is 12.1 Å². The molecule has 0 aliphatic rings. The molecule has 3 atom stereocenters. The maximum absolute atomic E-state index is 12.6. The van der Waals surface area contributed by atoms with E-state index in [1.807, 2.05) is 6.26 Å². The van der Waals surface area contributed by atoms with E-state index >= 15 is 0 Å². The molecule has 11 heteroatoms. The van der Waals surface area contributed by atoms with Gasteiger partial charge in [0.1, 0.15) is 17.8 Å². The fourth-order valence-electron chi connectivity index (χ4n) is 2.41. The van der Waals surface area contributed by atoms with Gasteiger partial charge in [-0.2, -0.15) is 11.8 Å². The van der Waals surface area contributed by atoms with Gasteiger partial charge in [0.25, 0.3) is 0 Å². The van der Waals surface area contributed by atoms with Crippen LogP contribution in [0, 0.1) is 0 Å². The van der Waals surface area contributed by atoms with Crippen LogP contribution in [0.25, 0.3) is 0 Å². The van der Waals surface area contributed by atoms with Gasteiger partial charge in [-0.25, -0.2) is 4.79 Å². The number of rotatable bonds is 12. The fourth-order valence-corrected chi connectivity index (χ4v) is 2.88. The largest absolute Gasteiger partial charge is 0.508 e. The molecule has 0 aromatic heterocycles. The molecular formula is C19H28N4O6S. The van der Waals surface area contributed by atoms with Crippen LogP contribution in [0.1, 0.15) is 18.9 Å². The van der Waals surface area contributed by atoms with Gasteiger partial charge in [0.2, 0.25) is 17.7 Å². The number of carboxylic acid groups (broad SMARTS) is 1. The Morgan fingerprint density at radius 1 is 1.07 bits per heavy atom. The Balaban J connectivity index is 2.73. The van der Waals surface area contributed by atoms with Crippen molar-refractivity contribution in [2.24, 2.45) is 5.73 Å². The number of carboxylic acids is 1. The molecule has 0 spiro atoms. The number of hydrogen-bond donors (Lipinski definition) is 6. The summed E-state index contributed by atoms with van der Waals surface area (Å²) in [4.78, 5) is 47.8. The number of phenols is 1. The minimum absolute atomic E-state index is 0.0606. The Kier molecular flexibility index (Phi) is 10.7. The topological polar surface area (TPSA) is 171 Å². The van der Waals surface area contributed by atoms with Crippen LogP contribution in [0.2, 0.25) is 0 Å². The third-order valence-corrected chi connectivity index (χ3v) is 4.73. The Hall–Kier alpha value is -2.79. The highest BCUT2D eigenvalue weighted by atomic mass is 32.2. The fraction of sp³-hybridized carbons (Fsp3) is 0.474. The summed E-state index contributed by atoms with van der Waals surface area (Å²) in [6.07, 6.45) is 2.19. The van der Waals surface area contributed by atoms with Gasteiger partial charge in [0.05, 0.1) is 12.6 Å². The molecule has 0 aliphatic heterocycles. The highest BCUT2D eigenvalue weighted by Crippen LogP contribution is 2.11. The summed E-state index contributed by atoms with van der Waals surface area (Å²) in [5.41, 5.74) is 6.22. The number of aromatic hydroxyl groups is 1. The van der Waals surface area contributed by atoms with Crippen molar-refractivity contribution in [2.75, 3.05) is 18.6 Å². The number of benzene rings is 1. The number of hydrogen-bond acceptors (Lipinski definition) is 7. The van der Waals surface area contributed by atoms with Crippen LogP contribution in [0.5, 0.6) is 5.75 Å². The molecule has 1 aromatic rings. The van der Waals surface area contributed by atoms with Crippen LogP contribution in [0.15, 0.2) is 24.3 Å². The first-order valence-corrected chi connectivity index (χ1v) is 10.7. The van der Waals surface area contributed by atoms with Crippen molar-refractivity contribution >= 4 is 35.5 Å². The predicted molar refractivity (Wildman–Crippen MR) is 113 cm³/mol. The van der Waals surface area contributed by atoms with E-state index in [1.165, 1.54) is 30.8 Å². The summed E-state index contributed by atoms with van der Waals surface area (Å²) in [6.45, 7) is 1.03. The van der Waals surface area contributed by atoms with E-state index in [0.29, 0.717) is 11.3 Å². The average Bonchev–Trinajstić information content (AvgIpc) is 2.69. The second-order valence-electron chi connectivity index (χ2n) is 6.68. The van der Waals surface area contributed by atoms with Crippen molar-refractivity contribution in [1.82, 2.24) is 16.0 Å². The third-order valence-electron chi connectivity index (χ3n) is 4.09. The molecule has 0 aliphatic carbocycles. The minimum atomic E-state index is -1.15. The Labute approximate surface area is 179 Å². The van der Waals surface area contributed by atoms with Crippen molar-refractivity contribution in [1.29, 1.82) is 0 Å². The SMILES string of the molecule is CSCCC(NC(=O)CNC(=O)C(Cc1ccc(O)cc1)NC(=O)C(C)N)C(=O)O. The van der Waals surface area contributed by atoms with Crippen LogP contribution < -0.4 is 21.7 Å². The summed E-state index contributed by atoms with van der Waals surface area (Å²) in [6, 6.07) is 3.21. The zero-order chi connectivity index (χ0) is 22.7. The molecule has 0 heterocycles. The standard InChI is InChI=1S/C19H28N4O6S/c1-11(20)17(26)23-15(9-12-3-5-13(24)6-4-12)18(27)21-10-16(25)22-14(19(28)29)7-8-30-2/h3-6,11,14-15,24H,7-10,20H2,1-2H3,(H,21,27)(H,22,25)(H,23,26)(H,28,29). The molecule has 166 valence electrons. The van der Waals surface area contributed by atoms with Crippen LogP contribution >= 0.6 is 11.8 Å². The first kappa shape index (κ1) is 25.2. The normalized spacial score (nSPS) is 13.6. The van der Waals surface area contributed by atoms with Gasteiger partial charge >= 0.3 is 5.97 Å².